The van der Waals surface area contributed by atoms with Crippen LogP contribution in [0.3, 0.4) is 0 Å². The van der Waals surface area contributed by atoms with Crippen LogP contribution in [0.15, 0.2) is 83.6 Å². The van der Waals surface area contributed by atoms with Crippen molar-refractivity contribution in [1.29, 1.82) is 0 Å². The summed E-state index contributed by atoms with van der Waals surface area (Å²) in [7, 11) is 1.28. The number of ether oxygens (including phenoxy) is 1. The molecular weight excluding hydrogens is 369 g/mol. The van der Waals surface area contributed by atoms with Gasteiger partial charge in [-0.3, -0.25) is 9.69 Å². The lowest BCUT2D eigenvalue weighted by Gasteiger charge is -2.20. The van der Waals surface area contributed by atoms with Crippen LogP contribution >= 0.6 is 0 Å². The molecule has 0 radical (unpaired) electrons. The summed E-state index contributed by atoms with van der Waals surface area (Å²) in [6.07, 6.45) is 1.59. The van der Waals surface area contributed by atoms with Crippen molar-refractivity contribution in [2.75, 3.05) is 12.0 Å². The molecule has 0 spiro atoms. The number of hydrogen-bond acceptors (Lipinski definition) is 3. The van der Waals surface area contributed by atoms with Crippen molar-refractivity contribution in [3.63, 3.8) is 0 Å². The predicted molar refractivity (Wildman–Crippen MR) is 111 cm³/mol. The van der Waals surface area contributed by atoms with E-state index in [9.17, 15) is 14.0 Å². The van der Waals surface area contributed by atoms with Crippen molar-refractivity contribution in [2.24, 2.45) is 0 Å². The molecular formula is C24H18FNO3. The Balaban J connectivity index is 1.90. The number of halogens is 1. The zero-order chi connectivity index (χ0) is 20.5. The summed E-state index contributed by atoms with van der Waals surface area (Å²) in [5.41, 5.74) is 2.22. The summed E-state index contributed by atoms with van der Waals surface area (Å²) in [5.74, 6) is -1.29. The first-order chi connectivity index (χ1) is 14.0. The molecule has 4 nitrogen and oxygen atoms in total. The molecule has 29 heavy (non-hydrogen) atoms. The Kier molecular flexibility index (Phi) is 4.72. The minimum Gasteiger partial charge on any atom is -0.465 e. The van der Waals surface area contributed by atoms with Gasteiger partial charge in [-0.1, -0.05) is 48.5 Å². The fourth-order valence-electron chi connectivity index (χ4n) is 3.60. The third-order valence-electron chi connectivity index (χ3n) is 4.98. The number of allylic oxidation sites excluding steroid dienone is 1. The first kappa shape index (κ1) is 18.6. The van der Waals surface area contributed by atoms with Gasteiger partial charge in [-0.15, -0.1) is 0 Å². The molecule has 0 bridgehead atoms. The van der Waals surface area contributed by atoms with Crippen molar-refractivity contribution in [3.8, 4) is 0 Å². The van der Waals surface area contributed by atoms with Crippen LogP contribution in [-0.4, -0.2) is 19.0 Å². The zero-order valence-corrected chi connectivity index (χ0v) is 16.0. The molecule has 0 unspecified atom stereocenters. The van der Waals surface area contributed by atoms with Crippen LogP contribution in [0.5, 0.6) is 0 Å². The van der Waals surface area contributed by atoms with Crippen molar-refractivity contribution in [1.82, 2.24) is 0 Å². The molecule has 1 amide bonds. The Hall–Kier alpha value is -3.73. The van der Waals surface area contributed by atoms with E-state index in [0.29, 0.717) is 16.9 Å². The number of nitrogens with zero attached hydrogens (tertiary/aromatic N) is 1. The minimum absolute atomic E-state index is 0.203. The van der Waals surface area contributed by atoms with Crippen molar-refractivity contribution >= 4 is 34.4 Å². The maximum absolute atomic E-state index is 13.4. The average molecular weight is 387 g/mol. The van der Waals surface area contributed by atoms with Gasteiger partial charge in [0.1, 0.15) is 5.82 Å². The van der Waals surface area contributed by atoms with Gasteiger partial charge in [0, 0.05) is 11.1 Å². The van der Waals surface area contributed by atoms with E-state index in [4.69, 9.17) is 4.74 Å². The molecule has 0 saturated heterocycles. The van der Waals surface area contributed by atoms with Gasteiger partial charge >= 0.3 is 5.97 Å². The highest BCUT2D eigenvalue weighted by Crippen LogP contribution is 2.38. The molecule has 0 aliphatic carbocycles. The Labute approximate surface area is 167 Å². The second kappa shape index (κ2) is 7.36. The first-order valence-corrected chi connectivity index (χ1v) is 9.10. The highest BCUT2D eigenvalue weighted by atomic mass is 19.1. The van der Waals surface area contributed by atoms with Crippen LogP contribution in [-0.2, 0) is 14.3 Å². The van der Waals surface area contributed by atoms with Crippen LogP contribution < -0.4 is 4.90 Å². The van der Waals surface area contributed by atoms with Gasteiger partial charge in [0.05, 0.1) is 23.9 Å². The van der Waals surface area contributed by atoms with E-state index >= 15 is 0 Å². The van der Waals surface area contributed by atoms with E-state index in [1.807, 2.05) is 42.5 Å². The summed E-state index contributed by atoms with van der Waals surface area (Å²) in [6, 6.07) is 19.2. The second-order valence-corrected chi connectivity index (χ2v) is 6.70. The molecule has 0 N–H and O–H groups in total. The van der Waals surface area contributed by atoms with Crippen LogP contribution in [0.2, 0.25) is 0 Å². The van der Waals surface area contributed by atoms with E-state index in [0.717, 1.165) is 10.8 Å². The van der Waals surface area contributed by atoms with Crippen LogP contribution in [0.1, 0.15) is 12.5 Å². The molecule has 1 aliphatic rings. The van der Waals surface area contributed by atoms with Gasteiger partial charge < -0.3 is 4.74 Å². The molecule has 3 aromatic carbocycles. The van der Waals surface area contributed by atoms with Gasteiger partial charge in [0.25, 0.3) is 5.91 Å². The van der Waals surface area contributed by atoms with Crippen LogP contribution in [0.4, 0.5) is 10.1 Å². The minimum atomic E-state index is -0.591. The normalized spacial score (nSPS) is 15.5. The fourth-order valence-corrected chi connectivity index (χ4v) is 3.60. The maximum Gasteiger partial charge on any atom is 0.340 e. The molecule has 0 aromatic heterocycles. The Morgan fingerprint density at radius 2 is 1.69 bits per heavy atom. The SMILES string of the molecule is COC(=O)C1=C(C)N(c2cccc3ccccc23)C(=O)C1=Cc1ccc(F)cc1. The van der Waals surface area contributed by atoms with Gasteiger partial charge in [0.2, 0.25) is 0 Å². The molecule has 5 heteroatoms. The Morgan fingerprint density at radius 1 is 1.00 bits per heavy atom. The fraction of sp³-hybridized carbons (Fsp3) is 0.0833. The predicted octanol–water partition coefficient (Wildman–Crippen LogP) is 4.86. The standard InChI is InChI=1S/C24H18FNO3/c1-15-22(24(28)29-2)20(14-16-10-12-18(25)13-11-16)23(27)26(15)21-9-5-7-17-6-3-4-8-19(17)21/h3-14H,1-2H3. The molecule has 0 saturated carbocycles. The highest BCUT2D eigenvalue weighted by molar-refractivity contribution is 6.25. The summed E-state index contributed by atoms with van der Waals surface area (Å²) in [6.45, 7) is 1.72. The average Bonchev–Trinajstić information content (AvgIpc) is 2.98. The highest BCUT2D eigenvalue weighted by Gasteiger charge is 2.38. The van der Waals surface area contributed by atoms with E-state index in [1.165, 1.54) is 24.1 Å². The monoisotopic (exact) mass is 387 g/mol. The second-order valence-electron chi connectivity index (χ2n) is 6.70. The van der Waals surface area contributed by atoms with Gasteiger partial charge in [-0.2, -0.15) is 0 Å². The lowest BCUT2D eigenvalue weighted by atomic mass is 10.0. The van der Waals surface area contributed by atoms with Crippen molar-refractivity contribution in [2.45, 2.75) is 6.92 Å². The van der Waals surface area contributed by atoms with Gasteiger partial charge in [-0.05, 0) is 42.1 Å². The van der Waals surface area contributed by atoms with Crippen LogP contribution in [0, 0.1) is 5.82 Å². The summed E-state index contributed by atoms with van der Waals surface area (Å²) in [5, 5.41) is 1.89. The summed E-state index contributed by atoms with van der Waals surface area (Å²) in [4.78, 5) is 27.4. The molecule has 144 valence electrons. The van der Waals surface area contributed by atoms with Crippen LogP contribution in [0.25, 0.3) is 16.8 Å². The number of rotatable bonds is 3. The lowest BCUT2D eigenvalue weighted by molar-refractivity contribution is -0.136. The number of carbonyl (C=O) groups is 2. The number of amides is 1. The smallest absolute Gasteiger partial charge is 0.340 e. The number of hydrogen-bond donors (Lipinski definition) is 0. The Morgan fingerprint density at radius 3 is 2.41 bits per heavy atom. The number of esters is 1. The topological polar surface area (TPSA) is 46.6 Å². The largest absolute Gasteiger partial charge is 0.465 e. The van der Waals surface area contributed by atoms with E-state index in [2.05, 4.69) is 0 Å². The third-order valence-corrected chi connectivity index (χ3v) is 4.98. The van der Waals surface area contributed by atoms with E-state index in [-0.39, 0.29) is 22.9 Å². The maximum atomic E-state index is 13.4. The molecule has 0 atom stereocenters. The molecule has 0 fully saturated rings. The number of benzene rings is 3. The summed E-state index contributed by atoms with van der Waals surface area (Å²) < 4.78 is 18.2. The first-order valence-electron chi connectivity index (χ1n) is 9.10. The van der Waals surface area contributed by atoms with E-state index in [1.54, 1.807) is 25.1 Å². The van der Waals surface area contributed by atoms with E-state index < -0.39 is 5.97 Å². The Bertz CT molecular complexity index is 1190. The number of anilines is 1. The quantitative estimate of drug-likeness (QED) is 0.476. The third kappa shape index (κ3) is 3.21. The molecule has 1 aliphatic heterocycles. The number of methoxy groups -OCH3 is 1. The lowest BCUT2D eigenvalue weighted by Crippen LogP contribution is -2.24. The number of fused-ring (bicyclic) bond motifs is 1. The summed E-state index contributed by atoms with van der Waals surface area (Å²) >= 11 is 0. The number of carbonyl (C=O) groups excluding carboxylic acids is 2. The molecule has 3 aromatic rings. The van der Waals surface area contributed by atoms with Crippen molar-refractivity contribution in [3.05, 3.63) is 95.0 Å². The molecule has 4 rings (SSSR count). The zero-order valence-electron chi connectivity index (χ0n) is 16.0. The van der Waals surface area contributed by atoms with Gasteiger partial charge in [0.15, 0.2) is 0 Å². The molecule has 1 heterocycles. The van der Waals surface area contributed by atoms with Crippen molar-refractivity contribution < 1.29 is 18.7 Å². The van der Waals surface area contributed by atoms with Gasteiger partial charge in [-0.25, -0.2) is 9.18 Å².